The fourth-order valence-corrected chi connectivity index (χ4v) is 1.81. The van der Waals surface area contributed by atoms with Crippen LogP contribution < -0.4 is 0 Å². The number of H-pyrrole nitrogens is 1. The second-order valence-electron chi connectivity index (χ2n) is 3.94. The van der Waals surface area contributed by atoms with E-state index >= 15 is 0 Å². The summed E-state index contributed by atoms with van der Waals surface area (Å²) in [5.74, 6) is -0.155. The Labute approximate surface area is 99.5 Å². The van der Waals surface area contributed by atoms with E-state index in [2.05, 4.69) is 4.98 Å². The maximum atomic E-state index is 11.5. The predicted octanol–water partition coefficient (Wildman–Crippen LogP) is 2.04. The van der Waals surface area contributed by atoms with Crippen LogP contribution in [0.5, 0.6) is 0 Å². The Morgan fingerprint density at radius 3 is 3.00 bits per heavy atom. The first kappa shape index (κ1) is 11.2. The summed E-state index contributed by atoms with van der Waals surface area (Å²) in [6, 6.07) is 9.81. The van der Waals surface area contributed by atoms with Gasteiger partial charge >= 0.3 is 0 Å². The lowest BCUT2D eigenvalue weighted by atomic mass is 10.1. The largest absolute Gasteiger partial charge is 0.361 e. The number of nitrogens with zero attached hydrogens (tertiary/aromatic N) is 2. The molecule has 1 heterocycles. The van der Waals surface area contributed by atoms with Crippen LogP contribution in [0.15, 0.2) is 30.5 Å². The molecule has 4 heteroatoms. The zero-order chi connectivity index (χ0) is 12.3. The quantitative estimate of drug-likeness (QED) is 0.872. The first-order chi connectivity index (χ1) is 8.22. The number of para-hydroxylation sites is 1. The highest BCUT2D eigenvalue weighted by Gasteiger charge is 2.10. The maximum Gasteiger partial charge on any atom is 0.236 e. The summed E-state index contributed by atoms with van der Waals surface area (Å²) in [7, 11) is 1.71. The van der Waals surface area contributed by atoms with Crippen LogP contribution in [0.4, 0.5) is 0 Å². The third-order valence-electron chi connectivity index (χ3n) is 2.74. The Hall–Kier alpha value is -2.28. The number of nitriles is 1. The molecule has 0 bridgehead atoms. The summed E-state index contributed by atoms with van der Waals surface area (Å²) in [4.78, 5) is 16.2. The number of carbonyl (C=O) groups is 1. The third-order valence-corrected chi connectivity index (χ3v) is 2.74. The van der Waals surface area contributed by atoms with Gasteiger partial charge in [0.25, 0.3) is 0 Å². The highest BCUT2D eigenvalue weighted by molar-refractivity contribution is 5.84. The van der Waals surface area contributed by atoms with E-state index in [0.29, 0.717) is 6.54 Å². The van der Waals surface area contributed by atoms with Crippen LogP contribution in [0.3, 0.4) is 0 Å². The summed E-state index contributed by atoms with van der Waals surface area (Å²) < 4.78 is 0. The lowest BCUT2D eigenvalue weighted by Gasteiger charge is -2.14. The van der Waals surface area contributed by atoms with Crippen molar-refractivity contribution >= 4 is 16.8 Å². The topological polar surface area (TPSA) is 59.9 Å². The normalized spacial score (nSPS) is 10.1. The van der Waals surface area contributed by atoms with Gasteiger partial charge in [-0.25, -0.2) is 0 Å². The Kier molecular flexibility index (Phi) is 3.10. The highest BCUT2D eigenvalue weighted by atomic mass is 16.2. The molecule has 0 spiro atoms. The molecule has 4 nitrogen and oxygen atoms in total. The summed E-state index contributed by atoms with van der Waals surface area (Å²) >= 11 is 0. The number of hydrogen-bond acceptors (Lipinski definition) is 2. The van der Waals surface area contributed by atoms with Gasteiger partial charge in [-0.05, 0) is 11.6 Å². The summed E-state index contributed by atoms with van der Waals surface area (Å²) in [5, 5.41) is 9.59. The molecule has 0 aliphatic carbocycles. The van der Waals surface area contributed by atoms with E-state index in [1.54, 1.807) is 11.9 Å². The molecule has 1 aromatic heterocycles. The Morgan fingerprint density at radius 1 is 1.47 bits per heavy atom. The number of amides is 1. The van der Waals surface area contributed by atoms with E-state index in [9.17, 15) is 4.79 Å². The number of nitrogens with one attached hydrogen (secondary N) is 1. The first-order valence-corrected chi connectivity index (χ1v) is 5.38. The Bertz CT molecular complexity index is 580. The van der Waals surface area contributed by atoms with Gasteiger partial charge in [-0.3, -0.25) is 4.79 Å². The molecule has 86 valence electrons. The molecule has 0 fully saturated rings. The van der Waals surface area contributed by atoms with Crippen LogP contribution in [0.25, 0.3) is 10.9 Å². The van der Waals surface area contributed by atoms with E-state index < -0.39 is 0 Å². The second-order valence-corrected chi connectivity index (χ2v) is 3.94. The monoisotopic (exact) mass is 227 g/mol. The van der Waals surface area contributed by atoms with Crippen LogP contribution in [-0.4, -0.2) is 22.8 Å². The van der Waals surface area contributed by atoms with Crippen molar-refractivity contribution in [3.8, 4) is 6.07 Å². The van der Waals surface area contributed by atoms with Crippen molar-refractivity contribution in [3.63, 3.8) is 0 Å². The SMILES string of the molecule is CN(Cc1c[nH]c2ccccc12)C(=O)CC#N. The third kappa shape index (κ3) is 2.28. The summed E-state index contributed by atoms with van der Waals surface area (Å²) in [6.45, 7) is 0.518. The predicted molar refractivity (Wildman–Crippen MR) is 65.0 cm³/mol. The number of fused-ring (bicyclic) bond motifs is 1. The molecule has 0 atom stereocenters. The summed E-state index contributed by atoms with van der Waals surface area (Å²) in [5.41, 5.74) is 2.12. The molecule has 0 saturated heterocycles. The van der Waals surface area contributed by atoms with Gasteiger partial charge in [-0.15, -0.1) is 0 Å². The number of benzene rings is 1. The number of hydrogen-bond donors (Lipinski definition) is 1. The van der Waals surface area contributed by atoms with E-state index in [4.69, 9.17) is 5.26 Å². The van der Waals surface area contributed by atoms with Gasteiger partial charge in [0.05, 0.1) is 6.07 Å². The minimum Gasteiger partial charge on any atom is -0.361 e. The number of carbonyl (C=O) groups excluding carboxylic acids is 1. The Balaban J connectivity index is 2.19. The zero-order valence-corrected chi connectivity index (χ0v) is 9.60. The van der Waals surface area contributed by atoms with E-state index in [1.807, 2.05) is 36.5 Å². The molecule has 0 saturated carbocycles. The lowest BCUT2D eigenvalue weighted by Crippen LogP contribution is -2.25. The minimum absolute atomic E-state index is 0.0706. The van der Waals surface area contributed by atoms with Crippen LogP contribution in [0.1, 0.15) is 12.0 Å². The average molecular weight is 227 g/mol. The van der Waals surface area contributed by atoms with Crippen molar-refractivity contribution in [2.24, 2.45) is 0 Å². The molecule has 0 aliphatic rings. The van der Waals surface area contributed by atoms with Gasteiger partial charge in [-0.1, -0.05) is 18.2 Å². The summed E-state index contributed by atoms with van der Waals surface area (Å²) in [6.07, 6.45) is 1.83. The average Bonchev–Trinajstić information content (AvgIpc) is 2.73. The number of rotatable bonds is 3. The van der Waals surface area contributed by atoms with Crippen molar-refractivity contribution in [2.75, 3.05) is 7.05 Å². The molecule has 1 N–H and O–H groups in total. The van der Waals surface area contributed by atoms with Gasteiger partial charge in [0.2, 0.25) is 5.91 Å². The molecular weight excluding hydrogens is 214 g/mol. The van der Waals surface area contributed by atoms with Gasteiger partial charge < -0.3 is 9.88 Å². The molecule has 1 aromatic carbocycles. The smallest absolute Gasteiger partial charge is 0.236 e. The molecule has 0 radical (unpaired) electrons. The van der Waals surface area contributed by atoms with E-state index in [-0.39, 0.29) is 12.3 Å². The number of aromatic amines is 1. The minimum atomic E-state index is -0.155. The maximum absolute atomic E-state index is 11.5. The molecule has 1 amide bonds. The van der Waals surface area contributed by atoms with Crippen molar-refractivity contribution in [1.82, 2.24) is 9.88 Å². The van der Waals surface area contributed by atoms with Crippen LogP contribution in [-0.2, 0) is 11.3 Å². The first-order valence-electron chi connectivity index (χ1n) is 5.38. The van der Waals surface area contributed by atoms with Gasteiger partial charge in [0, 0.05) is 30.7 Å². The van der Waals surface area contributed by atoms with Crippen LogP contribution in [0.2, 0.25) is 0 Å². The van der Waals surface area contributed by atoms with Crippen molar-refractivity contribution in [3.05, 3.63) is 36.0 Å². The van der Waals surface area contributed by atoms with E-state index in [1.165, 1.54) is 0 Å². The molecule has 2 rings (SSSR count). The molecule has 2 aromatic rings. The fourth-order valence-electron chi connectivity index (χ4n) is 1.81. The molecular formula is C13H13N3O. The Morgan fingerprint density at radius 2 is 2.24 bits per heavy atom. The second kappa shape index (κ2) is 4.71. The molecule has 17 heavy (non-hydrogen) atoms. The van der Waals surface area contributed by atoms with Crippen molar-refractivity contribution in [2.45, 2.75) is 13.0 Å². The van der Waals surface area contributed by atoms with E-state index in [0.717, 1.165) is 16.5 Å². The van der Waals surface area contributed by atoms with Gasteiger partial charge in [-0.2, -0.15) is 5.26 Å². The van der Waals surface area contributed by atoms with Crippen LogP contribution >= 0.6 is 0 Å². The van der Waals surface area contributed by atoms with Gasteiger partial charge in [0.1, 0.15) is 6.42 Å². The highest BCUT2D eigenvalue weighted by Crippen LogP contribution is 2.18. The number of aromatic nitrogens is 1. The standard InChI is InChI=1S/C13H13N3O/c1-16(13(17)6-7-14)9-10-8-15-12-5-3-2-4-11(10)12/h2-5,8,15H,6,9H2,1H3. The molecule has 0 unspecified atom stereocenters. The lowest BCUT2D eigenvalue weighted by molar-refractivity contribution is -0.129. The van der Waals surface area contributed by atoms with Crippen molar-refractivity contribution < 1.29 is 4.79 Å². The van der Waals surface area contributed by atoms with Gasteiger partial charge in [0.15, 0.2) is 0 Å². The molecule has 0 aliphatic heterocycles. The zero-order valence-electron chi connectivity index (χ0n) is 9.60. The van der Waals surface area contributed by atoms with Crippen molar-refractivity contribution in [1.29, 1.82) is 5.26 Å². The van der Waals surface area contributed by atoms with Crippen LogP contribution in [0, 0.1) is 11.3 Å². The fraction of sp³-hybridized carbons (Fsp3) is 0.231.